The maximum Gasteiger partial charge on any atom is 0.326 e. The van der Waals surface area contributed by atoms with E-state index in [1.54, 1.807) is 0 Å². The first kappa shape index (κ1) is 22.5. The molecule has 0 saturated carbocycles. The molecule has 0 aliphatic heterocycles. The maximum atomic E-state index is 11.9. The standard InChI is InChI=1S/C13H24N4O5S2/c1-7(11(19)17-9(13(21)22)3-4-24-2)16-10(18)5-15-12(20)8(14)6-23/h7-9,23H,3-6,14H2,1-2H3,(H,15,20)(H,16,18)(H,17,19)(H,21,22). The number of hydrogen-bond acceptors (Lipinski definition) is 7. The Kier molecular flexibility index (Phi) is 11.3. The minimum absolute atomic E-state index is 0.138. The molecule has 0 aliphatic carbocycles. The van der Waals surface area contributed by atoms with Gasteiger partial charge in [0.1, 0.15) is 12.1 Å². The number of rotatable bonds is 11. The molecule has 11 heteroatoms. The molecule has 0 aliphatic rings. The Morgan fingerprint density at radius 2 is 1.83 bits per heavy atom. The Balaban J connectivity index is 4.35. The summed E-state index contributed by atoms with van der Waals surface area (Å²) < 4.78 is 0. The molecule has 3 unspecified atom stereocenters. The van der Waals surface area contributed by atoms with Crippen LogP contribution in [0.2, 0.25) is 0 Å². The molecule has 0 heterocycles. The van der Waals surface area contributed by atoms with Gasteiger partial charge in [0.2, 0.25) is 17.7 Å². The summed E-state index contributed by atoms with van der Waals surface area (Å²) >= 11 is 5.33. The van der Waals surface area contributed by atoms with E-state index in [0.717, 1.165) is 0 Å². The predicted octanol–water partition coefficient (Wildman–Crippen LogP) is -1.81. The van der Waals surface area contributed by atoms with Gasteiger partial charge in [-0.2, -0.15) is 24.4 Å². The summed E-state index contributed by atoms with van der Waals surface area (Å²) in [4.78, 5) is 46.1. The lowest BCUT2D eigenvalue weighted by molar-refractivity contribution is -0.142. The van der Waals surface area contributed by atoms with E-state index < -0.39 is 41.8 Å². The molecule has 0 aromatic heterocycles. The van der Waals surface area contributed by atoms with Gasteiger partial charge in [0, 0.05) is 5.75 Å². The molecule has 6 N–H and O–H groups in total. The highest BCUT2D eigenvalue weighted by atomic mass is 32.2. The van der Waals surface area contributed by atoms with E-state index in [0.29, 0.717) is 5.75 Å². The van der Waals surface area contributed by atoms with Crippen LogP contribution in [0.1, 0.15) is 13.3 Å². The van der Waals surface area contributed by atoms with Gasteiger partial charge in [0.15, 0.2) is 0 Å². The first-order valence-corrected chi connectivity index (χ1v) is 9.21. The number of thiol groups is 1. The highest BCUT2D eigenvalue weighted by molar-refractivity contribution is 7.98. The molecule has 0 aromatic rings. The minimum atomic E-state index is -1.14. The molecule has 0 saturated heterocycles. The van der Waals surface area contributed by atoms with Crippen LogP contribution < -0.4 is 21.7 Å². The molecule has 138 valence electrons. The molecule has 0 fully saturated rings. The average molecular weight is 380 g/mol. The normalized spacial score (nSPS) is 14.2. The third-order valence-electron chi connectivity index (χ3n) is 2.95. The Labute approximate surface area is 150 Å². The summed E-state index contributed by atoms with van der Waals surface area (Å²) in [5.41, 5.74) is 5.43. The summed E-state index contributed by atoms with van der Waals surface area (Å²) in [6, 6.07) is -2.78. The van der Waals surface area contributed by atoms with E-state index in [-0.39, 0.29) is 18.7 Å². The largest absolute Gasteiger partial charge is 0.480 e. The molecule has 3 atom stereocenters. The van der Waals surface area contributed by atoms with Gasteiger partial charge in [-0.05, 0) is 25.4 Å². The van der Waals surface area contributed by atoms with Crippen LogP contribution in [0.25, 0.3) is 0 Å². The molecule has 24 heavy (non-hydrogen) atoms. The highest BCUT2D eigenvalue weighted by Gasteiger charge is 2.23. The van der Waals surface area contributed by atoms with Crippen molar-refractivity contribution in [2.45, 2.75) is 31.5 Å². The topological polar surface area (TPSA) is 151 Å². The van der Waals surface area contributed by atoms with Crippen molar-refractivity contribution in [1.29, 1.82) is 0 Å². The number of thioether (sulfide) groups is 1. The number of carboxylic acids is 1. The van der Waals surface area contributed by atoms with Crippen molar-refractivity contribution in [2.75, 3.05) is 24.3 Å². The third kappa shape index (κ3) is 8.99. The van der Waals surface area contributed by atoms with Crippen LogP contribution in [-0.2, 0) is 19.2 Å². The molecule has 0 aromatic carbocycles. The van der Waals surface area contributed by atoms with Crippen LogP contribution in [0.3, 0.4) is 0 Å². The summed E-state index contributed by atoms with van der Waals surface area (Å²) in [5.74, 6) is -2.15. The maximum absolute atomic E-state index is 11.9. The van der Waals surface area contributed by atoms with E-state index >= 15 is 0 Å². The Morgan fingerprint density at radius 3 is 2.33 bits per heavy atom. The number of nitrogens with two attached hydrogens (primary N) is 1. The van der Waals surface area contributed by atoms with Crippen LogP contribution >= 0.6 is 24.4 Å². The summed E-state index contributed by atoms with van der Waals surface area (Å²) in [6.07, 6.45) is 2.11. The highest BCUT2D eigenvalue weighted by Crippen LogP contribution is 2.01. The minimum Gasteiger partial charge on any atom is -0.480 e. The smallest absolute Gasteiger partial charge is 0.326 e. The quantitative estimate of drug-likeness (QED) is 0.231. The predicted molar refractivity (Wildman–Crippen MR) is 95.0 cm³/mol. The van der Waals surface area contributed by atoms with E-state index in [9.17, 15) is 19.2 Å². The van der Waals surface area contributed by atoms with Crippen LogP contribution in [0, 0.1) is 0 Å². The van der Waals surface area contributed by atoms with Crippen LogP contribution in [0.5, 0.6) is 0 Å². The van der Waals surface area contributed by atoms with Crippen LogP contribution in [-0.4, -0.2) is 71.2 Å². The monoisotopic (exact) mass is 380 g/mol. The number of carbonyl (C=O) groups excluding carboxylic acids is 3. The van der Waals surface area contributed by atoms with Crippen molar-refractivity contribution in [2.24, 2.45) is 5.73 Å². The lowest BCUT2D eigenvalue weighted by atomic mass is 10.2. The zero-order valence-corrected chi connectivity index (χ0v) is 15.3. The van der Waals surface area contributed by atoms with Gasteiger partial charge in [0.05, 0.1) is 12.6 Å². The van der Waals surface area contributed by atoms with Crippen molar-refractivity contribution in [3.8, 4) is 0 Å². The number of hydrogen-bond donors (Lipinski definition) is 6. The molecular formula is C13H24N4O5S2. The van der Waals surface area contributed by atoms with Crippen molar-refractivity contribution < 1.29 is 24.3 Å². The van der Waals surface area contributed by atoms with Crippen LogP contribution in [0.4, 0.5) is 0 Å². The second-order valence-electron chi connectivity index (χ2n) is 4.98. The van der Waals surface area contributed by atoms with Gasteiger partial charge in [-0.15, -0.1) is 0 Å². The molecular weight excluding hydrogens is 356 g/mol. The fourth-order valence-electron chi connectivity index (χ4n) is 1.53. The Bertz CT molecular complexity index is 464. The Morgan fingerprint density at radius 1 is 1.21 bits per heavy atom. The van der Waals surface area contributed by atoms with Crippen molar-refractivity contribution >= 4 is 48.1 Å². The third-order valence-corrected chi connectivity index (χ3v) is 3.99. The van der Waals surface area contributed by atoms with E-state index in [1.807, 2.05) is 6.26 Å². The lowest BCUT2D eigenvalue weighted by Gasteiger charge is -2.18. The van der Waals surface area contributed by atoms with Gasteiger partial charge in [0.25, 0.3) is 0 Å². The van der Waals surface area contributed by atoms with Crippen LogP contribution in [0.15, 0.2) is 0 Å². The summed E-state index contributed by atoms with van der Waals surface area (Å²) in [5, 5.41) is 16.1. The van der Waals surface area contributed by atoms with Crippen molar-refractivity contribution in [1.82, 2.24) is 16.0 Å². The van der Waals surface area contributed by atoms with Gasteiger partial charge in [-0.3, -0.25) is 14.4 Å². The average Bonchev–Trinajstić information content (AvgIpc) is 2.54. The van der Waals surface area contributed by atoms with Crippen molar-refractivity contribution in [3.63, 3.8) is 0 Å². The van der Waals surface area contributed by atoms with Gasteiger partial charge >= 0.3 is 5.97 Å². The molecule has 9 nitrogen and oxygen atoms in total. The zero-order chi connectivity index (χ0) is 18.7. The summed E-state index contributed by atoms with van der Waals surface area (Å²) in [7, 11) is 0. The fourth-order valence-corrected chi connectivity index (χ4v) is 2.17. The Hall–Kier alpha value is -1.46. The fraction of sp³-hybridized carbons (Fsp3) is 0.692. The number of amides is 3. The van der Waals surface area contributed by atoms with E-state index in [4.69, 9.17) is 10.8 Å². The van der Waals surface area contributed by atoms with Gasteiger partial charge < -0.3 is 26.8 Å². The molecule has 0 bridgehead atoms. The number of carbonyl (C=O) groups is 4. The lowest BCUT2D eigenvalue weighted by Crippen LogP contribution is -2.52. The first-order valence-electron chi connectivity index (χ1n) is 7.18. The molecule has 3 amide bonds. The van der Waals surface area contributed by atoms with Gasteiger partial charge in [-0.1, -0.05) is 0 Å². The van der Waals surface area contributed by atoms with Gasteiger partial charge in [-0.25, -0.2) is 4.79 Å². The first-order chi connectivity index (χ1) is 11.2. The zero-order valence-electron chi connectivity index (χ0n) is 13.6. The summed E-state index contributed by atoms with van der Waals surface area (Å²) in [6.45, 7) is 1.08. The van der Waals surface area contributed by atoms with E-state index in [2.05, 4.69) is 28.6 Å². The number of nitrogens with one attached hydrogen (secondary N) is 3. The SMILES string of the molecule is CSCCC(NC(=O)C(C)NC(=O)CNC(=O)C(N)CS)C(=O)O. The molecule has 0 radical (unpaired) electrons. The van der Waals surface area contributed by atoms with E-state index in [1.165, 1.54) is 18.7 Å². The number of aliphatic carboxylic acids is 1. The van der Waals surface area contributed by atoms with Crippen molar-refractivity contribution in [3.05, 3.63) is 0 Å². The second-order valence-corrected chi connectivity index (χ2v) is 6.33. The number of carboxylic acid groups (broad SMARTS) is 1. The second kappa shape index (κ2) is 12.0. The molecule has 0 spiro atoms. The molecule has 0 rings (SSSR count).